The maximum atomic E-state index is 2.81. The fourth-order valence-corrected chi connectivity index (χ4v) is 4.50. The van der Waals surface area contributed by atoms with E-state index in [1.54, 1.807) is 25.7 Å². The highest BCUT2D eigenvalue weighted by atomic mass is 15.2. The van der Waals surface area contributed by atoms with Crippen molar-refractivity contribution in [2.75, 3.05) is 13.1 Å². The van der Waals surface area contributed by atoms with Gasteiger partial charge in [-0.25, -0.2) is 0 Å². The molecule has 0 amide bonds. The summed E-state index contributed by atoms with van der Waals surface area (Å²) in [5.74, 6) is 2.22. The van der Waals surface area contributed by atoms with Crippen LogP contribution in [0.1, 0.15) is 64.2 Å². The van der Waals surface area contributed by atoms with Crippen molar-refractivity contribution in [1.82, 2.24) is 4.90 Å². The predicted octanol–water partition coefficient (Wildman–Crippen LogP) is 3.83. The largest absolute Gasteiger partial charge is 0.300 e. The van der Waals surface area contributed by atoms with Crippen LogP contribution in [0, 0.1) is 11.8 Å². The zero-order valence-corrected chi connectivity index (χ0v) is 10.7. The van der Waals surface area contributed by atoms with Crippen LogP contribution in [0.4, 0.5) is 0 Å². The van der Waals surface area contributed by atoms with Gasteiger partial charge in [0, 0.05) is 6.04 Å². The summed E-state index contributed by atoms with van der Waals surface area (Å²) < 4.78 is 0. The number of likely N-dealkylation sites (tertiary alicyclic amines) is 1. The monoisotopic (exact) mass is 221 g/mol. The molecule has 3 rings (SSSR count). The Bertz CT molecular complexity index is 191. The molecule has 1 nitrogen and oxygen atoms in total. The lowest BCUT2D eigenvalue weighted by Gasteiger charge is -2.37. The summed E-state index contributed by atoms with van der Waals surface area (Å²) in [6, 6.07) is 0.974. The van der Waals surface area contributed by atoms with Gasteiger partial charge >= 0.3 is 0 Å². The lowest BCUT2D eigenvalue weighted by atomic mass is 9.77. The molecule has 2 aliphatic carbocycles. The predicted molar refractivity (Wildman–Crippen MR) is 68.5 cm³/mol. The van der Waals surface area contributed by atoms with Gasteiger partial charge in [-0.1, -0.05) is 38.5 Å². The molecule has 0 aromatic heterocycles. The van der Waals surface area contributed by atoms with Gasteiger partial charge in [0.2, 0.25) is 0 Å². The summed E-state index contributed by atoms with van der Waals surface area (Å²) in [6.45, 7) is 2.81. The van der Waals surface area contributed by atoms with Crippen LogP contribution in [0.2, 0.25) is 0 Å². The van der Waals surface area contributed by atoms with E-state index in [1.165, 1.54) is 51.6 Å². The van der Waals surface area contributed by atoms with Crippen LogP contribution in [0.25, 0.3) is 0 Å². The molecular weight excluding hydrogens is 194 g/mol. The van der Waals surface area contributed by atoms with Crippen LogP contribution in [-0.2, 0) is 0 Å². The molecule has 3 aliphatic rings. The molecule has 92 valence electrons. The Labute approximate surface area is 101 Å². The second kappa shape index (κ2) is 5.08. The summed E-state index contributed by atoms with van der Waals surface area (Å²) in [6.07, 6.45) is 15.2. The molecule has 1 aliphatic heterocycles. The van der Waals surface area contributed by atoms with E-state index in [-0.39, 0.29) is 0 Å². The minimum Gasteiger partial charge on any atom is -0.300 e. The van der Waals surface area contributed by atoms with E-state index in [2.05, 4.69) is 4.90 Å². The Morgan fingerprint density at radius 2 is 1.31 bits per heavy atom. The third-order valence-corrected chi connectivity index (χ3v) is 5.41. The molecule has 1 heteroatoms. The van der Waals surface area contributed by atoms with Crippen LogP contribution >= 0.6 is 0 Å². The van der Waals surface area contributed by atoms with Gasteiger partial charge in [0.15, 0.2) is 0 Å². The van der Waals surface area contributed by atoms with E-state index >= 15 is 0 Å². The molecule has 2 saturated carbocycles. The summed E-state index contributed by atoms with van der Waals surface area (Å²) in [7, 11) is 0. The molecule has 0 N–H and O–H groups in total. The van der Waals surface area contributed by atoms with Crippen LogP contribution in [0.5, 0.6) is 0 Å². The van der Waals surface area contributed by atoms with Crippen molar-refractivity contribution in [2.24, 2.45) is 11.8 Å². The minimum atomic E-state index is 0.974. The topological polar surface area (TPSA) is 3.24 Å². The Morgan fingerprint density at radius 1 is 0.625 bits per heavy atom. The fraction of sp³-hybridized carbons (Fsp3) is 1.00. The van der Waals surface area contributed by atoms with E-state index in [1.807, 2.05) is 0 Å². The van der Waals surface area contributed by atoms with E-state index in [4.69, 9.17) is 0 Å². The SMILES string of the molecule is C1CCC(C2CCCC(N3CCCC3)C2)C1. The zero-order chi connectivity index (χ0) is 10.8. The van der Waals surface area contributed by atoms with Crippen molar-refractivity contribution in [3.05, 3.63) is 0 Å². The molecule has 1 heterocycles. The first-order valence-corrected chi connectivity index (χ1v) is 7.67. The quantitative estimate of drug-likeness (QED) is 0.685. The second-order valence-electron chi connectivity index (χ2n) is 6.37. The smallest absolute Gasteiger partial charge is 0.00979 e. The third kappa shape index (κ3) is 2.30. The number of rotatable bonds is 2. The van der Waals surface area contributed by atoms with Gasteiger partial charge < -0.3 is 4.90 Å². The van der Waals surface area contributed by atoms with E-state index in [9.17, 15) is 0 Å². The maximum Gasteiger partial charge on any atom is 0.00979 e. The van der Waals surface area contributed by atoms with Gasteiger partial charge in [0.25, 0.3) is 0 Å². The Kier molecular flexibility index (Phi) is 3.51. The van der Waals surface area contributed by atoms with Crippen molar-refractivity contribution in [3.63, 3.8) is 0 Å². The molecule has 0 spiro atoms. The van der Waals surface area contributed by atoms with Crippen LogP contribution < -0.4 is 0 Å². The van der Waals surface area contributed by atoms with Crippen molar-refractivity contribution in [1.29, 1.82) is 0 Å². The van der Waals surface area contributed by atoms with Crippen molar-refractivity contribution < 1.29 is 0 Å². The molecule has 3 fully saturated rings. The summed E-state index contributed by atoms with van der Waals surface area (Å²) in [5.41, 5.74) is 0. The maximum absolute atomic E-state index is 2.81. The Balaban J connectivity index is 1.56. The average Bonchev–Trinajstić information content (AvgIpc) is 3.03. The van der Waals surface area contributed by atoms with E-state index < -0.39 is 0 Å². The first-order chi connectivity index (χ1) is 7.93. The first kappa shape index (κ1) is 11.1. The Morgan fingerprint density at radius 3 is 2.06 bits per heavy atom. The normalized spacial score (nSPS) is 38.2. The van der Waals surface area contributed by atoms with Gasteiger partial charge in [0.05, 0.1) is 0 Å². The number of hydrogen-bond acceptors (Lipinski definition) is 1. The van der Waals surface area contributed by atoms with Gasteiger partial charge in [-0.15, -0.1) is 0 Å². The van der Waals surface area contributed by atoms with Gasteiger partial charge in [-0.2, -0.15) is 0 Å². The minimum absolute atomic E-state index is 0.974. The fourth-order valence-electron chi connectivity index (χ4n) is 4.50. The zero-order valence-electron chi connectivity index (χ0n) is 10.7. The third-order valence-electron chi connectivity index (χ3n) is 5.41. The van der Waals surface area contributed by atoms with Gasteiger partial charge in [0.1, 0.15) is 0 Å². The Hall–Kier alpha value is -0.0400. The van der Waals surface area contributed by atoms with Gasteiger partial charge in [-0.05, 0) is 50.6 Å². The molecule has 2 atom stereocenters. The highest BCUT2D eigenvalue weighted by Crippen LogP contribution is 2.40. The molecule has 0 bridgehead atoms. The molecule has 1 saturated heterocycles. The lowest BCUT2D eigenvalue weighted by Crippen LogP contribution is -2.38. The molecule has 0 aromatic rings. The van der Waals surface area contributed by atoms with Crippen molar-refractivity contribution in [2.45, 2.75) is 70.3 Å². The van der Waals surface area contributed by atoms with Crippen LogP contribution in [-0.4, -0.2) is 24.0 Å². The first-order valence-electron chi connectivity index (χ1n) is 7.67. The molecule has 16 heavy (non-hydrogen) atoms. The number of nitrogens with zero attached hydrogens (tertiary/aromatic N) is 1. The summed E-state index contributed by atoms with van der Waals surface area (Å²) in [5, 5.41) is 0. The molecule has 0 aromatic carbocycles. The van der Waals surface area contributed by atoms with Gasteiger partial charge in [-0.3, -0.25) is 0 Å². The summed E-state index contributed by atoms with van der Waals surface area (Å²) in [4.78, 5) is 2.81. The standard InChI is InChI=1S/C15H27N/c1-2-7-13(6-1)14-8-5-9-15(12-14)16-10-3-4-11-16/h13-15H,1-12H2. The molecule has 0 radical (unpaired) electrons. The lowest BCUT2D eigenvalue weighted by molar-refractivity contribution is 0.128. The average molecular weight is 221 g/mol. The van der Waals surface area contributed by atoms with Crippen LogP contribution in [0.3, 0.4) is 0 Å². The molecule has 2 unspecified atom stereocenters. The summed E-state index contributed by atoms with van der Waals surface area (Å²) >= 11 is 0. The van der Waals surface area contributed by atoms with E-state index in [0.717, 1.165) is 17.9 Å². The second-order valence-corrected chi connectivity index (χ2v) is 6.37. The highest BCUT2D eigenvalue weighted by molar-refractivity contribution is 4.86. The highest BCUT2D eigenvalue weighted by Gasteiger charge is 2.33. The molecular formula is C15H27N. The number of hydrogen-bond donors (Lipinski definition) is 0. The van der Waals surface area contributed by atoms with Crippen molar-refractivity contribution in [3.8, 4) is 0 Å². The van der Waals surface area contributed by atoms with Crippen LogP contribution in [0.15, 0.2) is 0 Å². The van der Waals surface area contributed by atoms with Crippen molar-refractivity contribution >= 4 is 0 Å². The van der Waals surface area contributed by atoms with E-state index in [0.29, 0.717) is 0 Å².